The van der Waals surface area contributed by atoms with Crippen molar-refractivity contribution in [2.75, 3.05) is 7.05 Å². The van der Waals surface area contributed by atoms with Crippen LogP contribution in [0.2, 0.25) is 0 Å². The van der Waals surface area contributed by atoms with Gasteiger partial charge >= 0.3 is 0 Å². The molecule has 0 aliphatic carbocycles. The molecule has 0 amide bonds. The van der Waals surface area contributed by atoms with Crippen LogP contribution in [-0.4, -0.2) is 12.0 Å². The maximum Gasteiger partial charge on any atom is 0.101 e. The Bertz CT molecular complexity index is 557. The summed E-state index contributed by atoms with van der Waals surface area (Å²) < 4.78 is 0. The van der Waals surface area contributed by atoms with Crippen LogP contribution in [0, 0.1) is 13.8 Å². The minimum absolute atomic E-state index is 0.393. The number of hydrogen-bond acceptors (Lipinski definition) is 3. The molecule has 0 fully saturated rings. The predicted octanol–water partition coefficient (Wildman–Crippen LogP) is 4.52. The van der Waals surface area contributed by atoms with Crippen molar-refractivity contribution in [2.24, 2.45) is 0 Å². The van der Waals surface area contributed by atoms with E-state index in [-0.39, 0.29) is 0 Å². The van der Waals surface area contributed by atoms with Crippen LogP contribution in [0.4, 0.5) is 0 Å². The zero-order valence-corrected chi connectivity index (χ0v) is 13.4. The van der Waals surface area contributed by atoms with Crippen LogP contribution in [0.1, 0.15) is 36.2 Å². The maximum atomic E-state index is 4.62. The monoisotopic (exact) mass is 286 g/mol. The van der Waals surface area contributed by atoms with Crippen molar-refractivity contribution < 1.29 is 0 Å². The van der Waals surface area contributed by atoms with Gasteiger partial charge in [-0.2, -0.15) is 0 Å². The molecule has 1 unspecified atom stereocenters. The molecule has 1 atom stereocenters. The van der Waals surface area contributed by atoms with E-state index >= 15 is 0 Å². The molecule has 3 heteroatoms. The second-order valence-corrected chi connectivity index (χ2v) is 6.08. The molecule has 0 aliphatic rings. The summed E-state index contributed by atoms with van der Waals surface area (Å²) >= 11 is 1.75. The summed E-state index contributed by atoms with van der Waals surface area (Å²) in [7, 11) is 2.02. The average molecular weight is 286 g/mol. The van der Waals surface area contributed by atoms with Gasteiger partial charge in [0.15, 0.2) is 0 Å². The molecule has 1 aromatic carbocycles. The summed E-state index contributed by atoms with van der Waals surface area (Å²) in [5.41, 5.74) is 3.69. The lowest BCUT2D eigenvalue weighted by Gasteiger charge is -2.18. The van der Waals surface area contributed by atoms with E-state index < -0.39 is 0 Å². The van der Waals surface area contributed by atoms with Gasteiger partial charge in [-0.3, -0.25) is 0 Å². The molecule has 2 aromatic rings. The fraction of sp³-hybridized carbons (Fsp3) is 0.353. The molecule has 20 heavy (non-hydrogen) atoms. The number of nitrogens with one attached hydrogen (secondary N) is 1. The Labute approximate surface area is 126 Å². The lowest BCUT2D eigenvalue weighted by atomic mass is 10.1. The van der Waals surface area contributed by atoms with Crippen molar-refractivity contribution in [3.05, 3.63) is 53.2 Å². The van der Waals surface area contributed by atoms with Crippen molar-refractivity contribution in [2.45, 2.75) is 43.2 Å². The van der Waals surface area contributed by atoms with E-state index in [0.717, 1.165) is 17.1 Å². The van der Waals surface area contributed by atoms with Gasteiger partial charge in [-0.15, -0.1) is 0 Å². The molecule has 1 aromatic heterocycles. The molecular formula is C17H22N2S. The molecule has 0 saturated carbocycles. The Morgan fingerprint density at radius 3 is 2.60 bits per heavy atom. The van der Waals surface area contributed by atoms with Crippen LogP contribution in [0.25, 0.3) is 0 Å². The Hall–Kier alpha value is -1.32. The lowest BCUT2D eigenvalue weighted by molar-refractivity contribution is 0.568. The van der Waals surface area contributed by atoms with Gasteiger partial charge in [-0.05, 0) is 56.6 Å². The fourth-order valence-electron chi connectivity index (χ4n) is 2.41. The normalized spacial score (nSPS) is 12.4. The van der Waals surface area contributed by atoms with Gasteiger partial charge < -0.3 is 5.32 Å². The molecular weight excluding hydrogens is 264 g/mol. The fourth-order valence-corrected chi connectivity index (χ4v) is 3.54. The number of aromatic nitrogens is 1. The van der Waals surface area contributed by atoms with Gasteiger partial charge in [0.05, 0.1) is 0 Å². The largest absolute Gasteiger partial charge is 0.313 e. The molecule has 1 N–H and O–H groups in total. The molecule has 0 aliphatic heterocycles. The number of pyridine rings is 1. The SMILES string of the molecule is CCC(NC)c1ccccc1Sc1cc(C)cc(C)n1. The minimum atomic E-state index is 0.393. The van der Waals surface area contributed by atoms with Crippen molar-refractivity contribution in [3.63, 3.8) is 0 Å². The Morgan fingerprint density at radius 2 is 1.95 bits per heavy atom. The number of benzene rings is 1. The van der Waals surface area contributed by atoms with Crippen LogP contribution in [0.3, 0.4) is 0 Å². The number of aryl methyl sites for hydroxylation is 2. The summed E-state index contributed by atoms with van der Waals surface area (Å²) in [6.07, 6.45) is 1.08. The highest BCUT2D eigenvalue weighted by Gasteiger charge is 2.12. The smallest absolute Gasteiger partial charge is 0.101 e. The Morgan fingerprint density at radius 1 is 1.20 bits per heavy atom. The zero-order valence-electron chi connectivity index (χ0n) is 12.6. The van der Waals surface area contributed by atoms with Gasteiger partial charge in [0.25, 0.3) is 0 Å². The standard InChI is InChI=1S/C17H22N2S/c1-5-15(18-4)14-8-6-7-9-16(14)20-17-11-12(2)10-13(3)19-17/h6-11,15,18H,5H2,1-4H3. The third kappa shape index (κ3) is 3.62. The van der Waals surface area contributed by atoms with Gasteiger partial charge in [-0.1, -0.05) is 36.9 Å². The third-order valence-corrected chi connectivity index (χ3v) is 4.35. The van der Waals surface area contributed by atoms with E-state index in [9.17, 15) is 0 Å². The minimum Gasteiger partial charge on any atom is -0.313 e. The van der Waals surface area contributed by atoms with E-state index in [1.54, 1.807) is 11.8 Å². The van der Waals surface area contributed by atoms with Crippen LogP contribution in [0.15, 0.2) is 46.3 Å². The molecule has 2 rings (SSSR count). The van der Waals surface area contributed by atoms with E-state index in [2.05, 4.69) is 60.5 Å². The highest BCUT2D eigenvalue weighted by Crippen LogP contribution is 2.33. The van der Waals surface area contributed by atoms with Crippen LogP contribution < -0.4 is 5.32 Å². The van der Waals surface area contributed by atoms with Crippen LogP contribution in [0.5, 0.6) is 0 Å². The molecule has 0 saturated heterocycles. The van der Waals surface area contributed by atoms with Crippen LogP contribution >= 0.6 is 11.8 Å². The quantitative estimate of drug-likeness (QED) is 0.874. The summed E-state index contributed by atoms with van der Waals surface area (Å²) in [4.78, 5) is 5.91. The maximum absolute atomic E-state index is 4.62. The summed E-state index contributed by atoms with van der Waals surface area (Å²) in [6, 6.07) is 13.2. The number of hydrogen-bond donors (Lipinski definition) is 1. The Balaban J connectivity index is 2.33. The molecule has 0 spiro atoms. The second kappa shape index (κ2) is 6.91. The first-order chi connectivity index (χ1) is 9.63. The molecule has 1 heterocycles. The molecule has 0 bridgehead atoms. The van der Waals surface area contributed by atoms with Gasteiger partial charge in [-0.25, -0.2) is 4.98 Å². The van der Waals surface area contributed by atoms with Gasteiger partial charge in [0, 0.05) is 16.6 Å². The van der Waals surface area contributed by atoms with Crippen molar-refractivity contribution in [3.8, 4) is 0 Å². The van der Waals surface area contributed by atoms with Gasteiger partial charge in [0.1, 0.15) is 5.03 Å². The predicted molar refractivity (Wildman–Crippen MR) is 86.4 cm³/mol. The van der Waals surface area contributed by atoms with E-state index in [4.69, 9.17) is 0 Å². The van der Waals surface area contributed by atoms with Crippen molar-refractivity contribution >= 4 is 11.8 Å². The number of nitrogens with zero attached hydrogens (tertiary/aromatic N) is 1. The second-order valence-electron chi connectivity index (χ2n) is 5.01. The average Bonchev–Trinajstić information content (AvgIpc) is 2.41. The van der Waals surface area contributed by atoms with E-state index in [1.807, 2.05) is 14.0 Å². The Kier molecular flexibility index (Phi) is 5.21. The summed E-state index contributed by atoms with van der Waals surface area (Å²) in [5, 5.41) is 4.45. The molecule has 2 nitrogen and oxygen atoms in total. The van der Waals surface area contributed by atoms with E-state index in [0.29, 0.717) is 6.04 Å². The third-order valence-electron chi connectivity index (χ3n) is 3.34. The molecule has 0 radical (unpaired) electrons. The summed E-state index contributed by atoms with van der Waals surface area (Å²) in [5.74, 6) is 0. The first-order valence-corrected chi connectivity index (χ1v) is 7.85. The highest BCUT2D eigenvalue weighted by molar-refractivity contribution is 7.99. The zero-order chi connectivity index (χ0) is 14.5. The number of rotatable bonds is 5. The highest BCUT2D eigenvalue weighted by atomic mass is 32.2. The first-order valence-electron chi connectivity index (χ1n) is 7.03. The van der Waals surface area contributed by atoms with Crippen molar-refractivity contribution in [1.82, 2.24) is 10.3 Å². The first kappa shape index (κ1) is 15.1. The summed E-state index contributed by atoms with van der Waals surface area (Å²) in [6.45, 7) is 6.37. The lowest BCUT2D eigenvalue weighted by Crippen LogP contribution is -2.15. The topological polar surface area (TPSA) is 24.9 Å². The molecule has 106 valence electrons. The van der Waals surface area contributed by atoms with Crippen molar-refractivity contribution in [1.29, 1.82) is 0 Å². The van der Waals surface area contributed by atoms with Crippen LogP contribution in [-0.2, 0) is 0 Å². The van der Waals surface area contributed by atoms with Gasteiger partial charge in [0.2, 0.25) is 0 Å². The van der Waals surface area contributed by atoms with E-state index in [1.165, 1.54) is 16.0 Å².